The minimum atomic E-state index is -0.697. The molecule has 1 aliphatic heterocycles. The molecule has 0 radical (unpaired) electrons. The zero-order chi connectivity index (χ0) is 10.7. The van der Waals surface area contributed by atoms with Crippen LogP contribution in [0.15, 0.2) is 0 Å². The second kappa shape index (κ2) is 4.94. The van der Waals surface area contributed by atoms with Crippen LogP contribution < -0.4 is 5.32 Å². The highest BCUT2D eigenvalue weighted by molar-refractivity contribution is 5.69. The number of carboxylic acids is 1. The van der Waals surface area contributed by atoms with E-state index >= 15 is 0 Å². The van der Waals surface area contributed by atoms with E-state index in [0.717, 1.165) is 13.1 Å². The first kappa shape index (κ1) is 10.9. The van der Waals surface area contributed by atoms with Gasteiger partial charge in [-0.1, -0.05) is 6.42 Å². The number of carboxylic acid groups (broad SMARTS) is 1. The van der Waals surface area contributed by atoms with Gasteiger partial charge in [0.2, 0.25) is 0 Å². The van der Waals surface area contributed by atoms with Crippen molar-refractivity contribution in [2.45, 2.75) is 44.2 Å². The van der Waals surface area contributed by atoms with Crippen molar-refractivity contribution in [2.24, 2.45) is 0 Å². The summed E-state index contributed by atoms with van der Waals surface area (Å²) in [5.41, 5.74) is 0. The minimum absolute atomic E-state index is 0.211. The van der Waals surface area contributed by atoms with Gasteiger partial charge in [0.05, 0.1) is 6.54 Å². The number of hydrogen-bond acceptors (Lipinski definition) is 3. The molecule has 0 bridgehead atoms. The van der Waals surface area contributed by atoms with Gasteiger partial charge in [-0.05, 0) is 32.2 Å². The summed E-state index contributed by atoms with van der Waals surface area (Å²) in [6.07, 6.45) is 6.10. The van der Waals surface area contributed by atoms with Crippen molar-refractivity contribution in [3.05, 3.63) is 0 Å². The third-order valence-electron chi connectivity index (χ3n) is 3.27. The predicted octanol–water partition coefficient (Wildman–Crippen LogP) is 0.677. The minimum Gasteiger partial charge on any atom is -0.480 e. The van der Waals surface area contributed by atoms with E-state index in [4.69, 9.17) is 5.11 Å². The van der Waals surface area contributed by atoms with Crippen molar-refractivity contribution in [1.29, 1.82) is 0 Å². The van der Waals surface area contributed by atoms with E-state index in [1.807, 2.05) is 0 Å². The maximum Gasteiger partial charge on any atom is 0.317 e. The van der Waals surface area contributed by atoms with Crippen molar-refractivity contribution >= 4 is 5.97 Å². The Kier molecular flexibility index (Phi) is 3.59. The number of piperidine rings is 1. The maximum absolute atomic E-state index is 10.7. The van der Waals surface area contributed by atoms with Gasteiger partial charge in [0.15, 0.2) is 0 Å². The van der Waals surface area contributed by atoms with Crippen LogP contribution in [0.1, 0.15) is 32.1 Å². The fourth-order valence-corrected chi connectivity index (χ4v) is 2.32. The first-order valence-electron chi connectivity index (χ1n) is 5.95. The van der Waals surface area contributed by atoms with Crippen LogP contribution in [0, 0.1) is 0 Å². The van der Waals surface area contributed by atoms with Crippen LogP contribution in [-0.4, -0.2) is 47.7 Å². The SMILES string of the molecule is O=C(O)CN(CC1CCCCN1)C1CC1. The average Bonchev–Trinajstić information content (AvgIpc) is 3.01. The summed E-state index contributed by atoms with van der Waals surface area (Å²) >= 11 is 0. The molecule has 4 heteroatoms. The predicted molar refractivity (Wildman–Crippen MR) is 57.9 cm³/mol. The van der Waals surface area contributed by atoms with Crippen molar-refractivity contribution < 1.29 is 9.90 Å². The molecule has 15 heavy (non-hydrogen) atoms. The maximum atomic E-state index is 10.7. The van der Waals surface area contributed by atoms with Crippen LogP contribution in [0.3, 0.4) is 0 Å². The summed E-state index contributed by atoms with van der Waals surface area (Å²) in [6, 6.07) is 1.06. The molecule has 2 rings (SSSR count). The van der Waals surface area contributed by atoms with Gasteiger partial charge < -0.3 is 10.4 Å². The van der Waals surface area contributed by atoms with Crippen LogP contribution in [0.25, 0.3) is 0 Å². The highest BCUT2D eigenvalue weighted by Gasteiger charge is 2.31. The second-order valence-corrected chi connectivity index (χ2v) is 4.70. The van der Waals surface area contributed by atoms with Crippen LogP contribution in [0.4, 0.5) is 0 Å². The molecule has 0 amide bonds. The number of carbonyl (C=O) groups is 1. The number of nitrogens with zero attached hydrogens (tertiary/aromatic N) is 1. The highest BCUT2D eigenvalue weighted by atomic mass is 16.4. The Morgan fingerprint density at radius 3 is 2.67 bits per heavy atom. The summed E-state index contributed by atoms with van der Waals surface area (Å²) in [5.74, 6) is -0.697. The summed E-state index contributed by atoms with van der Waals surface area (Å²) in [5, 5.41) is 12.3. The second-order valence-electron chi connectivity index (χ2n) is 4.70. The molecule has 4 nitrogen and oxygen atoms in total. The number of hydrogen-bond donors (Lipinski definition) is 2. The van der Waals surface area contributed by atoms with Gasteiger partial charge in [-0.25, -0.2) is 0 Å². The normalized spacial score (nSPS) is 26.9. The number of nitrogens with one attached hydrogen (secondary N) is 1. The lowest BCUT2D eigenvalue weighted by molar-refractivity contribution is -0.138. The Morgan fingerprint density at radius 2 is 2.13 bits per heavy atom. The average molecular weight is 212 g/mol. The zero-order valence-corrected chi connectivity index (χ0v) is 9.11. The van der Waals surface area contributed by atoms with Crippen molar-refractivity contribution in [3.63, 3.8) is 0 Å². The summed E-state index contributed by atoms with van der Waals surface area (Å²) in [7, 11) is 0. The Hall–Kier alpha value is -0.610. The van der Waals surface area contributed by atoms with E-state index in [-0.39, 0.29) is 6.54 Å². The fourth-order valence-electron chi connectivity index (χ4n) is 2.32. The molecule has 1 saturated heterocycles. The topological polar surface area (TPSA) is 52.6 Å². The molecule has 2 fully saturated rings. The first-order valence-corrected chi connectivity index (χ1v) is 5.95. The Labute approximate surface area is 90.6 Å². The number of aliphatic carboxylic acids is 1. The van der Waals surface area contributed by atoms with E-state index in [9.17, 15) is 4.79 Å². The molecule has 0 spiro atoms. The monoisotopic (exact) mass is 212 g/mol. The Morgan fingerprint density at radius 1 is 1.33 bits per heavy atom. The molecule has 0 aromatic heterocycles. The molecule has 1 aliphatic carbocycles. The van der Waals surface area contributed by atoms with Gasteiger partial charge in [0.25, 0.3) is 0 Å². The highest BCUT2D eigenvalue weighted by Crippen LogP contribution is 2.27. The quantitative estimate of drug-likeness (QED) is 0.703. The van der Waals surface area contributed by atoms with E-state index in [1.54, 1.807) is 0 Å². The molecular formula is C11H20N2O2. The van der Waals surface area contributed by atoms with Crippen molar-refractivity contribution in [3.8, 4) is 0 Å². The molecule has 2 N–H and O–H groups in total. The third-order valence-corrected chi connectivity index (χ3v) is 3.27. The smallest absolute Gasteiger partial charge is 0.317 e. The van der Waals surface area contributed by atoms with Crippen molar-refractivity contribution in [2.75, 3.05) is 19.6 Å². The summed E-state index contributed by atoms with van der Waals surface area (Å²) in [6.45, 7) is 2.22. The van der Waals surface area contributed by atoms with Gasteiger partial charge in [-0.3, -0.25) is 9.69 Å². The first-order chi connectivity index (χ1) is 7.25. The lowest BCUT2D eigenvalue weighted by Crippen LogP contribution is -2.45. The molecule has 0 aromatic carbocycles. The van der Waals surface area contributed by atoms with Crippen LogP contribution >= 0.6 is 0 Å². The lowest BCUT2D eigenvalue weighted by atomic mass is 10.0. The van der Waals surface area contributed by atoms with E-state index < -0.39 is 5.97 Å². The van der Waals surface area contributed by atoms with Gasteiger partial charge in [-0.2, -0.15) is 0 Å². The zero-order valence-electron chi connectivity index (χ0n) is 9.11. The molecule has 0 aromatic rings. The van der Waals surface area contributed by atoms with E-state index in [0.29, 0.717) is 12.1 Å². The molecule has 1 atom stereocenters. The van der Waals surface area contributed by atoms with Gasteiger partial charge in [0.1, 0.15) is 0 Å². The molecule has 2 aliphatic rings. The van der Waals surface area contributed by atoms with Gasteiger partial charge >= 0.3 is 5.97 Å². The van der Waals surface area contributed by atoms with E-state index in [1.165, 1.54) is 32.1 Å². The standard InChI is InChI=1S/C11H20N2O2/c14-11(15)8-13(10-4-5-10)7-9-3-1-2-6-12-9/h9-10,12H,1-8H2,(H,14,15). The van der Waals surface area contributed by atoms with Gasteiger partial charge in [-0.15, -0.1) is 0 Å². The van der Waals surface area contributed by atoms with E-state index in [2.05, 4.69) is 10.2 Å². The molecular weight excluding hydrogens is 192 g/mol. The largest absolute Gasteiger partial charge is 0.480 e. The Bertz CT molecular complexity index is 223. The van der Waals surface area contributed by atoms with Crippen molar-refractivity contribution in [1.82, 2.24) is 10.2 Å². The summed E-state index contributed by atoms with van der Waals surface area (Å²) in [4.78, 5) is 12.9. The Balaban J connectivity index is 1.79. The van der Waals surface area contributed by atoms with Crippen LogP contribution in [0.5, 0.6) is 0 Å². The number of rotatable bonds is 5. The fraction of sp³-hybridized carbons (Fsp3) is 0.909. The van der Waals surface area contributed by atoms with Gasteiger partial charge in [0, 0.05) is 18.6 Å². The third kappa shape index (κ3) is 3.47. The molecule has 1 heterocycles. The molecule has 86 valence electrons. The van der Waals surface area contributed by atoms with Crippen LogP contribution in [0.2, 0.25) is 0 Å². The lowest BCUT2D eigenvalue weighted by Gasteiger charge is -2.29. The summed E-state index contributed by atoms with van der Waals surface area (Å²) < 4.78 is 0. The van der Waals surface area contributed by atoms with Crippen LogP contribution in [-0.2, 0) is 4.79 Å². The molecule has 1 unspecified atom stereocenters. The molecule has 1 saturated carbocycles.